The first-order chi connectivity index (χ1) is 13.8. The molecular weight excluding hydrogens is 414 g/mol. The summed E-state index contributed by atoms with van der Waals surface area (Å²) in [4.78, 5) is 0. The maximum atomic E-state index is 6.24. The van der Waals surface area contributed by atoms with Crippen LogP contribution >= 0.6 is 22.7 Å². The Bertz CT molecular complexity index is 976. The molecule has 1 aromatic carbocycles. The molecule has 4 nitrogen and oxygen atoms in total. The van der Waals surface area contributed by atoms with Crippen molar-refractivity contribution in [2.24, 2.45) is 0 Å². The third-order valence-electron chi connectivity index (χ3n) is 7.16. The van der Waals surface area contributed by atoms with Crippen molar-refractivity contribution >= 4 is 66.6 Å². The van der Waals surface area contributed by atoms with E-state index >= 15 is 0 Å². The van der Waals surface area contributed by atoms with Crippen molar-refractivity contribution in [3.63, 3.8) is 0 Å². The van der Waals surface area contributed by atoms with Gasteiger partial charge in [-0.2, -0.15) is 0 Å². The minimum Gasteiger partial charge on any atom is -0.399 e. The van der Waals surface area contributed by atoms with Gasteiger partial charge in [0.1, 0.15) is 0 Å². The van der Waals surface area contributed by atoms with E-state index in [9.17, 15) is 0 Å². The van der Waals surface area contributed by atoms with Crippen LogP contribution in [-0.4, -0.2) is 36.6 Å². The molecule has 0 spiro atoms. The molecule has 2 aliphatic heterocycles. The molecule has 2 fully saturated rings. The van der Waals surface area contributed by atoms with Crippen molar-refractivity contribution in [1.82, 2.24) is 0 Å². The van der Waals surface area contributed by atoms with Gasteiger partial charge < -0.3 is 18.6 Å². The van der Waals surface area contributed by atoms with Gasteiger partial charge in [0, 0.05) is 19.0 Å². The lowest BCUT2D eigenvalue weighted by atomic mass is 9.87. The first-order valence-electron chi connectivity index (χ1n) is 10.5. The fraction of sp³-hybridized carbons (Fsp3) is 0.545. The standard InChI is InChI=1S/C22H28B2O4S2/c1-19(2)20(3,4)26-23(25-19)17-11-13-9-16-14(10-15(13)29-17)12-18(30-16)24-27-21(5,6)22(7,8)28-24/h9-12H,1-8H3. The summed E-state index contributed by atoms with van der Waals surface area (Å²) < 4.78 is 29.7. The summed E-state index contributed by atoms with van der Waals surface area (Å²) in [7, 11) is -0.628. The van der Waals surface area contributed by atoms with Gasteiger partial charge in [0.2, 0.25) is 0 Å². The van der Waals surface area contributed by atoms with E-state index in [1.54, 1.807) is 22.7 Å². The van der Waals surface area contributed by atoms with Gasteiger partial charge in [-0.25, -0.2) is 0 Å². The Kier molecular flexibility index (Phi) is 4.43. The molecule has 0 saturated carbocycles. The molecule has 0 amide bonds. The van der Waals surface area contributed by atoms with Gasteiger partial charge in [0.05, 0.1) is 22.4 Å². The van der Waals surface area contributed by atoms with Crippen molar-refractivity contribution < 1.29 is 18.6 Å². The highest BCUT2D eigenvalue weighted by Crippen LogP contribution is 2.39. The highest BCUT2D eigenvalue weighted by molar-refractivity contribution is 7.29. The van der Waals surface area contributed by atoms with E-state index in [0.717, 1.165) is 9.55 Å². The van der Waals surface area contributed by atoms with E-state index in [0.29, 0.717) is 0 Å². The molecule has 0 unspecified atom stereocenters. The molecule has 2 aliphatic rings. The number of rotatable bonds is 2. The van der Waals surface area contributed by atoms with Crippen molar-refractivity contribution in [3.05, 3.63) is 24.3 Å². The number of hydrogen-bond donors (Lipinski definition) is 0. The van der Waals surface area contributed by atoms with Crippen LogP contribution in [0.5, 0.6) is 0 Å². The van der Waals surface area contributed by atoms with Gasteiger partial charge in [-0.05, 0) is 90.4 Å². The molecule has 4 heterocycles. The minimum atomic E-state index is -0.327. The van der Waals surface area contributed by atoms with Crippen LogP contribution in [0.4, 0.5) is 0 Å². The summed E-state index contributed by atoms with van der Waals surface area (Å²) >= 11 is 3.49. The molecular formula is C22H28B2O4S2. The molecule has 2 aromatic heterocycles. The van der Waals surface area contributed by atoms with Crippen molar-refractivity contribution in [2.75, 3.05) is 0 Å². The third-order valence-corrected chi connectivity index (χ3v) is 9.40. The summed E-state index contributed by atoms with van der Waals surface area (Å²) in [6, 6.07) is 8.93. The summed E-state index contributed by atoms with van der Waals surface area (Å²) in [6.45, 7) is 16.7. The molecule has 5 rings (SSSR count). The second kappa shape index (κ2) is 6.33. The topological polar surface area (TPSA) is 36.9 Å². The average molecular weight is 442 g/mol. The highest BCUT2D eigenvalue weighted by Gasteiger charge is 2.53. The Morgan fingerprint density at radius 2 is 0.833 bits per heavy atom. The van der Waals surface area contributed by atoms with Crippen LogP contribution in [0.25, 0.3) is 20.2 Å². The van der Waals surface area contributed by atoms with Gasteiger partial charge in [-0.3, -0.25) is 0 Å². The number of benzene rings is 1. The normalized spacial score (nSPS) is 24.4. The lowest BCUT2D eigenvalue weighted by molar-refractivity contribution is 0.00578. The molecule has 30 heavy (non-hydrogen) atoms. The zero-order chi connectivity index (χ0) is 21.7. The summed E-state index contributed by atoms with van der Waals surface area (Å²) in [5.41, 5.74) is -1.31. The Morgan fingerprint density at radius 3 is 1.13 bits per heavy atom. The second-order valence-corrected chi connectivity index (χ2v) is 12.6. The van der Waals surface area contributed by atoms with Gasteiger partial charge in [0.15, 0.2) is 0 Å². The number of fused-ring (bicyclic) bond motifs is 2. The zero-order valence-electron chi connectivity index (χ0n) is 18.9. The summed E-state index contributed by atoms with van der Waals surface area (Å²) in [5.74, 6) is 0. The number of thiophene rings is 2. The summed E-state index contributed by atoms with van der Waals surface area (Å²) in [5, 5.41) is 2.44. The first-order valence-corrected chi connectivity index (χ1v) is 12.1. The lowest BCUT2D eigenvalue weighted by Gasteiger charge is -2.32. The van der Waals surface area contributed by atoms with E-state index in [1.807, 2.05) is 0 Å². The maximum absolute atomic E-state index is 6.24. The van der Waals surface area contributed by atoms with Crippen molar-refractivity contribution in [1.29, 1.82) is 0 Å². The van der Waals surface area contributed by atoms with Gasteiger partial charge in [-0.15, -0.1) is 22.7 Å². The van der Waals surface area contributed by atoms with Gasteiger partial charge in [0.25, 0.3) is 0 Å². The molecule has 2 saturated heterocycles. The second-order valence-electron chi connectivity index (χ2n) is 10.4. The van der Waals surface area contributed by atoms with Crippen LogP contribution < -0.4 is 9.55 Å². The Balaban J connectivity index is 1.47. The Labute approximate surface area is 187 Å². The molecule has 0 aliphatic carbocycles. The minimum absolute atomic E-state index is 0.314. The molecule has 0 radical (unpaired) electrons. The van der Waals surface area contributed by atoms with E-state index in [2.05, 4.69) is 79.7 Å². The van der Waals surface area contributed by atoms with E-state index in [-0.39, 0.29) is 36.6 Å². The monoisotopic (exact) mass is 442 g/mol. The maximum Gasteiger partial charge on any atom is 0.505 e. The van der Waals surface area contributed by atoms with Gasteiger partial charge >= 0.3 is 14.2 Å². The molecule has 158 valence electrons. The predicted octanol–water partition coefficient (Wildman–Crippen LogP) is 4.71. The van der Waals surface area contributed by atoms with Crippen LogP contribution in [0.3, 0.4) is 0 Å². The zero-order valence-corrected chi connectivity index (χ0v) is 20.5. The predicted molar refractivity (Wildman–Crippen MR) is 129 cm³/mol. The van der Waals surface area contributed by atoms with Crippen LogP contribution in [0.15, 0.2) is 24.3 Å². The molecule has 3 aromatic rings. The lowest BCUT2D eigenvalue weighted by Crippen LogP contribution is -2.41. The van der Waals surface area contributed by atoms with Crippen molar-refractivity contribution in [3.8, 4) is 0 Å². The van der Waals surface area contributed by atoms with Crippen LogP contribution in [-0.2, 0) is 18.6 Å². The molecule has 0 atom stereocenters. The number of hydrogen-bond acceptors (Lipinski definition) is 6. The quantitative estimate of drug-likeness (QED) is 0.539. The molecule has 0 bridgehead atoms. The van der Waals surface area contributed by atoms with Crippen LogP contribution in [0, 0.1) is 0 Å². The van der Waals surface area contributed by atoms with E-state index in [1.165, 1.54) is 20.2 Å². The average Bonchev–Trinajstić information content (AvgIpc) is 3.28. The van der Waals surface area contributed by atoms with Crippen molar-refractivity contribution in [2.45, 2.75) is 77.8 Å². The van der Waals surface area contributed by atoms with E-state index in [4.69, 9.17) is 18.6 Å². The van der Waals surface area contributed by atoms with Crippen LogP contribution in [0.2, 0.25) is 0 Å². The fourth-order valence-electron chi connectivity index (χ4n) is 3.76. The molecule has 8 heteroatoms. The van der Waals surface area contributed by atoms with Gasteiger partial charge in [-0.1, -0.05) is 0 Å². The third kappa shape index (κ3) is 3.11. The largest absolute Gasteiger partial charge is 0.505 e. The molecule has 0 N–H and O–H groups in total. The Hall–Kier alpha value is -0.890. The van der Waals surface area contributed by atoms with Crippen LogP contribution in [0.1, 0.15) is 55.4 Å². The smallest absolute Gasteiger partial charge is 0.399 e. The first kappa shape index (κ1) is 21.0. The SMILES string of the molecule is CC1(C)OB(c2cc3cc4sc(B5OC(C)(C)C(C)(C)O5)cc4cc3s2)OC1(C)C. The highest BCUT2D eigenvalue weighted by atomic mass is 32.1. The Morgan fingerprint density at radius 1 is 0.533 bits per heavy atom. The fourth-order valence-corrected chi connectivity index (χ4v) is 5.87. The summed E-state index contributed by atoms with van der Waals surface area (Å²) in [6.07, 6.45) is 0. The van der Waals surface area contributed by atoms with E-state index < -0.39 is 0 Å².